The predicted octanol–water partition coefficient (Wildman–Crippen LogP) is 5.43. The average Bonchev–Trinajstić information content (AvgIpc) is 3.49. The van der Waals surface area contributed by atoms with Gasteiger partial charge < -0.3 is 10.6 Å². The minimum Gasteiger partial charge on any atom is -0.312 e. The summed E-state index contributed by atoms with van der Waals surface area (Å²) < 4.78 is 0. The fourth-order valence-corrected chi connectivity index (χ4v) is 6.44. The molecule has 3 N–H and O–H groups in total. The van der Waals surface area contributed by atoms with Gasteiger partial charge in [0.05, 0.1) is 4.91 Å². The molecule has 7 heteroatoms. The Labute approximate surface area is 220 Å². The van der Waals surface area contributed by atoms with Crippen LogP contribution in [0.1, 0.15) is 23.1 Å². The highest BCUT2D eigenvalue weighted by Gasteiger charge is 2.25. The van der Waals surface area contributed by atoms with Crippen molar-refractivity contribution in [2.45, 2.75) is 30.0 Å². The molecule has 0 aliphatic carbocycles. The van der Waals surface area contributed by atoms with E-state index in [1.807, 2.05) is 23.9 Å². The Morgan fingerprint density at radius 3 is 2.53 bits per heavy atom. The van der Waals surface area contributed by atoms with Gasteiger partial charge in [-0.1, -0.05) is 78.9 Å². The van der Waals surface area contributed by atoms with Crippen LogP contribution in [-0.4, -0.2) is 35.5 Å². The maximum Gasteiger partial charge on any atom is 0.290 e. The highest BCUT2D eigenvalue weighted by Crippen LogP contribution is 2.30. The topological polar surface area (TPSA) is 70.2 Å². The Morgan fingerprint density at radius 2 is 1.75 bits per heavy atom. The van der Waals surface area contributed by atoms with Crippen molar-refractivity contribution in [3.63, 3.8) is 0 Å². The number of imide groups is 1. The molecule has 2 fully saturated rings. The van der Waals surface area contributed by atoms with E-state index in [1.54, 1.807) is 6.08 Å². The van der Waals surface area contributed by atoms with Gasteiger partial charge in [0.25, 0.3) is 11.1 Å². The zero-order valence-electron chi connectivity index (χ0n) is 19.9. The zero-order chi connectivity index (χ0) is 24.7. The quantitative estimate of drug-likeness (QED) is 0.330. The van der Waals surface area contributed by atoms with Gasteiger partial charge in [-0.25, -0.2) is 0 Å². The van der Waals surface area contributed by atoms with Gasteiger partial charge in [-0.15, -0.1) is 0 Å². The van der Waals surface area contributed by atoms with Crippen LogP contribution in [0.4, 0.5) is 4.79 Å². The van der Waals surface area contributed by atoms with E-state index in [4.69, 9.17) is 0 Å². The number of hydrogen-bond acceptors (Lipinski definition) is 6. The van der Waals surface area contributed by atoms with Gasteiger partial charge in [0.1, 0.15) is 0 Å². The van der Waals surface area contributed by atoms with Crippen LogP contribution in [0, 0.1) is 0 Å². The van der Waals surface area contributed by atoms with Crippen molar-refractivity contribution in [2.24, 2.45) is 0 Å². The number of carbonyl (C=O) groups is 2. The molecule has 5 nitrogen and oxygen atoms in total. The lowest BCUT2D eigenvalue weighted by atomic mass is 10.0. The van der Waals surface area contributed by atoms with E-state index < -0.39 is 0 Å². The minimum absolute atomic E-state index is 0.315. The Balaban J connectivity index is 1.06. The zero-order valence-corrected chi connectivity index (χ0v) is 21.5. The number of benzene rings is 3. The van der Waals surface area contributed by atoms with Crippen molar-refractivity contribution < 1.29 is 9.59 Å². The van der Waals surface area contributed by atoms with E-state index in [0.29, 0.717) is 16.2 Å². The first kappa shape index (κ1) is 24.8. The van der Waals surface area contributed by atoms with E-state index in [9.17, 15) is 9.59 Å². The van der Waals surface area contributed by atoms with Crippen LogP contribution in [0.5, 0.6) is 0 Å². The first-order valence-corrected chi connectivity index (χ1v) is 14.0. The molecule has 0 radical (unpaired) electrons. The van der Waals surface area contributed by atoms with Crippen LogP contribution in [-0.2, 0) is 17.1 Å². The van der Waals surface area contributed by atoms with Crippen LogP contribution in [0.25, 0.3) is 17.2 Å². The fraction of sp³-hybridized carbons (Fsp3) is 0.241. The van der Waals surface area contributed by atoms with E-state index in [2.05, 4.69) is 82.7 Å². The SMILES string of the molecule is O=C1NC(=O)C(=Cc2ccc(CNC[C@@H]3C[C@H](SCc4ccccc4-c4ccccc4)CN3)cc2)S1. The van der Waals surface area contributed by atoms with Crippen LogP contribution < -0.4 is 16.0 Å². The third-order valence-electron chi connectivity index (χ3n) is 6.40. The molecule has 2 saturated heterocycles. The number of thioether (sulfide) groups is 2. The molecule has 5 rings (SSSR count). The van der Waals surface area contributed by atoms with Gasteiger partial charge in [-0.2, -0.15) is 11.8 Å². The summed E-state index contributed by atoms with van der Waals surface area (Å²) in [5, 5.41) is 9.83. The first-order valence-electron chi connectivity index (χ1n) is 12.2. The van der Waals surface area contributed by atoms with E-state index >= 15 is 0 Å². The molecule has 0 saturated carbocycles. The van der Waals surface area contributed by atoms with Crippen LogP contribution in [0.15, 0.2) is 83.8 Å². The lowest BCUT2D eigenvalue weighted by Crippen LogP contribution is -2.33. The molecule has 3 aromatic rings. The summed E-state index contributed by atoms with van der Waals surface area (Å²) >= 11 is 2.99. The van der Waals surface area contributed by atoms with Crippen LogP contribution in [0.3, 0.4) is 0 Å². The van der Waals surface area contributed by atoms with Crippen molar-refractivity contribution in [2.75, 3.05) is 13.1 Å². The second-order valence-electron chi connectivity index (χ2n) is 9.02. The summed E-state index contributed by atoms with van der Waals surface area (Å²) in [6.07, 6.45) is 2.91. The van der Waals surface area contributed by atoms with Gasteiger partial charge in [-0.3, -0.25) is 14.9 Å². The minimum atomic E-state index is -0.323. The maximum atomic E-state index is 11.7. The molecule has 2 aliphatic heterocycles. The van der Waals surface area contributed by atoms with Gasteiger partial charge >= 0.3 is 0 Å². The number of rotatable bonds is 9. The van der Waals surface area contributed by atoms with E-state index in [-0.39, 0.29) is 11.1 Å². The van der Waals surface area contributed by atoms with Gasteiger partial charge in [0.2, 0.25) is 0 Å². The molecule has 36 heavy (non-hydrogen) atoms. The Bertz CT molecular complexity index is 1240. The second kappa shape index (κ2) is 11.9. The molecule has 0 unspecified atom stereocenters. The lowest BCUT2D eigenvalue weighted by Gasteiger charge is -2.14. The Hall–Kier alpha value is -2.84. The smallest absolute Gasteiger partial charge is 0.290 e. The third kappa shape index (κ3) is 6.48. The molecule has 2 amide bonds. The summed E-state index contributed by atoms with van der Waals surface area (Å²) in [6, 6.07) is 27.9. The maximum absolute atomic E-state index is 11.7. The van der Waals surface area contributed by atoms with Crippen molar-refractivity contribution in [3.8, 4) is 11.1 Å². The number of amides is 2. The molecule has 3 aromatic carbocycles. The highest BCUT2D eigenvalue weighted by atomic mass is 32.2. The second-order valence-corrected chi connectivity index (χ2v) is 11.3. The van der Waals surface area contributed by atoms with Crippen molar-refractivity contribution in [1.29, 1.82) is 0 Å². The van der Waals surface area contributed by atoms with Crippen molar-refractivity contribution >= 4 is 40.7 Å². The standard InChI is InChI=1S/C29H29N3O2S2/c33-28-27(36-29(34)32-28)14-20-10-12-21(13-11-20)16-30-17-24-15-25(18-31-24)35-19-23-8-4-5-9-26(23)22-6-2-1-3-7-22/h1-14,24-25,30-31H,15-19H2,(H,32,33,34)/t24-,25-/m0/s1. The first-order chi connectivity index (χ1) is 17.6. The van der Waals surface area contributed by atoms with Crippen LogP contribution >= 0.6 is 23.5 Å². The van der Waals surface area contributed by atoms with Gasteiger partial charge in [0, 0.05) is 36.7 Å². The van der Waals surface area contributed by atoms with E-state index in [0.717, 1.165) is 49.1 Å². The number of nitrogens with one attached hydrogen (secondary N) is 3. The van der Waals surface area contributed by atoms with Crippen molar-refractivity contribution in [3.05, 3.63) is 100 Å². The molecule has 0 aromatic heterocycles. The number of hydrogen-bond donors (Lipinski definition) is 3. The largest absolute Gasteiger partial charge is 0.312 e. The molecule has 2 heterocycles. The van der Waals surface area contributed by atoms with Crippen LogP contribution in [0.2, 0.25) is 0 Å². The molecule has 0 bridgehead atoms. The Kier molecular flexibility index (Phi) is 8.23. The highest BCUT2D eigenvalue weighted by molar-refractivity contribution is 8.18. The normalized spacial score (nSPS) is 20.7. The summed E-state index contributed by atoms with van der Waals surface area (Å²) in [4.78, 5) is 23.4. The summed E-state index contributed by atoms with van der Waals surface area (Å²) in [6.45, 7) is 2.77. The third-order valence-corrected chi connectivity index (χ3v) is 8.52. The lowest BCUT2D eigenvalue weighted by molar-refractivity contribution is -0.115. The predicted molar refractivity (Wildman–Crippen MR) is 151 cm³/mol. The average molecular weight is 516 g/mol. The van der Waals surface area contributed by atoms with Crippen molar-refractivity contribution in [1.82, 2.24) is 16.0 Å². The molecular weight excluding hydrogens is 486 g/mol. The molecular formula is C29H29N3O2S2. The number of carbonyl (C=O) groups excluding carboxylic acids is 2. The Morgan fingerprint density at radius 1 is 0.972 bits per heavy atom. The monoisotopic (exact) mass is 515 g/mol. The van der Waals surface area contributed by atoms with E-state index in [1.165, 1.54) is 22.3 Å². The summed E-state index contributed by atoms with van der Waals surface area (Å²) in [5.41, 5.74) is 6.11. The summed E-state index contributed by atoms with van der Waals surface area (Å²) in [7, 11) is 0. The van der Waals surface area contributed by atoms with Gasteiger partial charge in [0.15, 0.2) is 0 Å². The van der Waals surface area contributed by atoms with Gasteiger partial charge in [-0.05, 0) is 52.1 Å². The molecule has 184 valence electrons. The fourth-order valence-electron chi connectivity index (χ4n) is 4.51. The summed E-state index contributed by atoms with van der Waals surface area (Å²) in [5.74, 6) is 0.700. The molecule has 0 spiro atoms. The molecule has 2 aliphatic rings. The molecule has 2 atom stereocenters.